The molecule has 1 aliphatic carbocycles. The Morgan fingerprint density at radius 2 is 2.22 bits per heavy atom. The predicted octanol–water partition coefficient (Wildman–Crippen LogP) is 0.377. The molecule has 1 saturated carbocycles. The van der Waals surface area contributed by atoms with E-state index in [1.165, 1.54) is 12.8 Å². The van der Waals surface area contributed by atoms with Crippen LogP contribution >= 0.6 is 0 Å². The highest BCUT2D eigenvalue weighted by Crippen LogP contribution is 2.44. The van der Waals surface area contributed by atoms with Crippen LogP contribution < -0.4 is 16.4 Å². The molecule has 0 bridgehead atoms. The fraction of sp³-hybridized carbons (Fsp3) is 0.583. The first kappa shape index (κ1) is 12.8. The van der Waals surface area contributed by atoms with Gasteiger partial charge in [-0.15, -0.1) is 10.2 Å². The molecule has 1 aliphatic rings. The van der Waals surface area contributed by atoms with Crippen LogP contribution in [0, 0.1) is 5.41 Å². The first-order valence-electron chi connectivity index (χ1n) is 6.25. The molecule has 1 aromatic heterocycles. The maximum absolute atomic E-state index is 11.5. The van der Waals surface area contributed by atoms with Crippen LogP contribution in [-0.4, -0.2) is 35.7 Å². The topological polar surface area (TPSA) is 92.9 Å². The minimum absolute atomic E-state index is 0.197. The molecule has 6 nitrogen and oxygen atoms in total. The van der Waals surface area contributed by atoms with Crippen molar-refractivity contribution in [1.82, 2.24) is 15.5 Å². The second-order valence-corrected chi connectivity index (χ2v) is 4.72. The molecular formula is C12H19N5O. The highest BCUT2D eigenvalue weighted by molar-refractivity contribution is 5.92. The molecule has 98 valence electrons. The minimum Gasteiger partial charge on any atom is -0.368 e. The number of nitrogens with two attached hydrogens (primary N) is 1. The van der Waals surface area contributed by atoms with Crippen molar-refractivity contribution in [2.45, 2.75) is 19.8 Å². The van der Waals surface area contributed by atoms with Crippen molar-refractivity contribution in [2.24, 2.45) is 11.1 Å². The van der Waals surface area contributed by atoms with E-state index in [2.05, 4.69) is 20.8 Å². The average molecular weight is 249 g/mol. The second kappa shape index (κ2) is 5.30. The van der Waals surface area contributed by atoms with Gasteiger partial charge in [-0.1, -0.05) is 0 Å². The standard InChI is InChI=1S/C12H19N5O/c1-2-14-11(18)9-3-4-10(17-16-9)15-8-12(7-13)5-6-12/h3-4H,2,5-8,13H2,1H3,(H,14,18)(H,15,17). The van der Waals surface area contributed by atoms with E-state index in [0.717, 1.165) is 6.54 Å². The van der Waals surface area contributed by atoms with Gasteiger partial charge >= 0.3 is 0 Å². The summed E-state index contributed by atoms with van der Waals surface area (Å²) in [6.07, 6.45) is 2.34. The van der Waals surface area contributed by atoms with E-state index in [9.17, 15) is 4.79 Å². The van der Waals surface area contributed by atoms with Crippen molar-refractivity contribution >= 4 is 11.7 Å². The molecule has 18 heavy (non-hydrogen) atoms. The van der Waals surface area contributed by atoms with Crippen molar-refractivity contribution < 1.29 is 4.79 Å². The largest absolute Gasteiger partial charge is 0.368 e. The van der Waals surface area contributed by atoms with E-state index in [4.69, 9.17) is 5.73 Å². The van der Waals surface area contributed by atoms with Crippen LogP contribution in [0.25, 0.3) is 0 Å². The maximum atomic E-state index is 11.5. The molecule has 0 unspecified atom stereocenters. The van der Waals surface area contributed by atoms with Crippen LogP contribution in [0.4, 0.5) is 5.82 Å². The summed E-state index contributed by atoms with van der Waals surface area (Å²) < 4.78 is 0. The average Bonchev–Trinajstić information content (AvgIpc) is 3.18. The molecule has 2 rings (SSSR count). The van der Waals surface area contributed by atoms with Gasteiger partial charge in [-0.2, -0.15) is 0 Å². The lowest BCUT2D eigenvalue weighted by molar-refractivity contribution is 0.0950. The lowest BCUT2D eigenvalue weighted by atomic mass is 10.1. The van der Waals surface area contributed by atoms with Gasteiger partial charge in [0.25, 0.3) is 5.91 Å². The first-order chi connectivity index (χ1) is 8.69. The van der Waals surface area contributed by atoms with Gasteiger partial charge in [0.1, 0.15) is 5.82 Å². The number of anilines is 1. The Hall–Kier alpha value is -1.69. The Morgan fingerprint density at radius 3 is 2.72 bits per heavy atom. The molecule has 0 aliphatic heterocycles. The number of hydrogen-bond donors (Lipinski definition) is 3. The van der Waals surface area contributed by atoms with Crippen molar-refractivity contribution in [1.29, 1.82) is 0 Å². The number of carbonyl (C=O) groups is 1. The normalized spacial score (nSPS) is 16.1. The van der Waals surface area contributed by atoms with Crippen molar-refractivity contribution in [2.75, 3.05) is 25.0 Å². The van der Waals surface area contributed by atoms with Crippen LogP contribution in [0.15, 0.2) is 12.1 Å². The van der Waals surface area contributed by atoms with Crippen LogP contribution in [0.1, 0.15) is 30.3 Å². The number of carbonyl (C=O) groups excluding carboxylic acids is 1. The van der Waals surface area contributed by atoms with Crippen LogP contribution in [0.5, 0.6) is 0 Å². The summed E-state index contributed by atoms with van der Waals surface area (Å²) in [5, 5.41) is 13.8. The number of nitrogens with one attached hydrogen (secondary N) is 2. The lowest BCUT2D eigenvalue weighted by Crippen LogP contribution is -2.25. The first-order valence-corrected chi connectivity index (χ1v) is 6.25. The molecule has 1 amide bonds. The summed E-state index contributed by atoms with van der Waals surface area (Å²) >= 11 is 0. The Kier molecular flexibility index (Phi) is 3.76. The lowest BCUT2D eigenvalue weighted by Gasteiger charge is -2.13. The molecule has 0 aromatic carbocycles. The van der Waals surface area contributed by atoms with Crippen molar-refractivity contribution in [3.8, 4) is 0 Å². The van der Waals surface area contributed by atoms with Crippen LogP contribution in [0.2, 0.25) is 0 Å². The second-order valence-electron chi connectivity index (χ2n) is 4.72. The van der Waals surface area contributed by atoms with E-state index < -0.39 is 0 Å². The highest BCUT2D eigenvalue weighted by Gasteiger charge is 2.40. The SMILES string of the molecule is CCNC(=O)c1ccc(NCC2(CN)CC2)nn1. The number of nitrogens with zero attached hydrogens (tertiary/aromatic N) is 2. The monoisotopic (exact) mass is 249 g/mol. The Bertz CT molecular complexity index is 413. The quantitative estimate of drug-likeness (QED) is 0.677. The summed E-state index contributed by atoms with van der Waals surface area (Å²) in [4.78, 5) is 11.5. The third-order valence-corrected chi connectivity index (χ3v) is 3.27. The zero-order valence-corrected chi connectivity index (χ0v) is 10.6. The van der Waals surface area contributed by atoms with Crippen LogP contribution in [0.3, 0.4) is 0 Å². The van der Waals surface area contributed by atoms with Gasteiger partial charge in [0.2, 0.25) is 0 Å². The fourth-order valence-electron chi connectivity index (χ4n) is 1.71. The molecule has 4 N–H and O–H groups in total. The molecule has 1 heterocycles. The van der Waals surface area contributed by atoms with Gasteiger partial charge in [-0.05, 0) is 43.9 Å². The van der Waals surface area contributed by atoms with Gasteiger partial charge in [0.05, 0.1) is 0 Å². The van der Waals surface area contributed by atoms with E-state index in [1.807, 2.05) is 6.92 Å². The Labute approximate surface area is 106 Å². The molecule has 1 fully saturated rings. The Morgan fingerprint density at radius 1 is 1.44 bits per heavy atom. The molecule has 0 saturated heterocycles. The fourth-order valence-corrected chi connectivity index (χ4v) is 1.71. The van der Waals surface area contributed by atoms with Gasteiger partial charge in [0.15, 0.2) is 5.69 Å². The summed E-state index contributed by atoms with van der Waals surface area (Å²) in [7, 11) is 0. The summed E-state index contributed by atoms with van der Waals surface area (Å²) in [6.45, 7) is 3.96. The van der Waals surface area contributed by atoms with Gasteiger partial charge in [0, 0.05) is 13.1 Å². The molecular weight excluding hydrogens is 230 g/mol. The number of rotatable bonds is 6. The van der Waals surface area contributed by atoms with Gasteiger partial charge < -0.3 is 16.4 Å². The van der Waals surface area contributed by atoms with Gasteiger partial charge in [-0.3, -0.25) is 4.79 Å². The molecule has 0 spiro atoms. The van der Waals surface area contributed by atoms with Crippen molar-refractivity contribution in [3.63, 3.8) is 0 Å². The molecule has 1 aromatic rings. The summed E-state index contributed by atoms with van der Waals surface area (Å²) in [6, 6.07) is 3.44. The number of aromatic nitrogens is 2. The van der Waals surface area contributed by atoms with E-state index >= 15 is 0 Å². The van der Waals surface area contributed by atoms with E-state index in [1.54, 1.807) is 12.1 Å². The zero-order valence-electron chi connectivity index (χ0n) is 10.6. The van der Waals surface area contributed by atoms with Crippen molar-refractivity contribution in [3.05, 3.63) is 17.8 Å². The van der Waals surface area contributed by atoms with Crippen LogP contribution in [-0.2, 0) is 0 Å². The predicted molar refractivity (Wildman–Crippen MR) is 69.3 cm³/mol. The maximum Gasteiger partial charge on any atom is 0.271 e. The Balaban J connectivity index is 1.89. The zero-order chi connectivity index (χ0) is 13.0. The van der Waals surface area contributed by atoms with E-state index in [0.29, 0.717) is 24.6 Å². The third kappa shape index (κ3) is 2.95. The number of hydrogen-bond acceptors (Lipinski definition) is 5. The van der Waals surface area contributed by atoms with E-state index in [-0.39, 0.29) is 11.3 Å². The smallest absolute Gasteiger partial charge is 0.271 e. The summed E-state index contributed by atoms with van der Waals surface area (Å²) in [5.41, 5.74) is 6.29. The molecule has 6 heteroatoms. The summed E-state index contributed by atoms with van der Waals surface area (Å²) in [5.74, 6) is 0.486. The highest BCUT2D eigenvalue weighted by atomic mass is 16.1. The molecule has 0 radical (unpaired) electrons. The number of amides is 1. The third-order valence-electron chi connectivity index (χ3n) is 3.27. The molecule has 0 atom stereocenters. The minimum atomic E-state index is -0.197. The van der Waals surface area contributed by atoms with Gasteiger partial charge in [-0.25, -0.2) is 0 Å².